The van der Waals surface area contributed by atoms with Gasteiger partial charge >= 0.3 is 11.9 Å². The van der Waals surface area contributed by atoms with Crippen LogP contribution in [0.2, 0.25) is 0 Å². The first-order chi connectivity index (χ1) is 9.06. The molecule has 1 rings (SSSR count). The molecule has 19 heavy (non-hydrogen) atoms. The summed E-state index contributed by atoms with van der Waals surface area (Å²) in [6, 6.07) is 4.55. The second-order valence-electron chi connectivity index (χ2n) is 4.15. The molecule has 0 bridgehead atoms. The van der Waals surface area contributed by atoms with Gasteiger partial charge in [0.25, 0.3) is 0 Å². The first-order valence-corrected chi connectivity index (χ1v) is 6.37. The number of rotatable bonds is 6. The Balaban J connectivity index is 2.69. The normalized spacial score (nSPS) is 10.1. The van der Waals surface area contributed by atoms with Crippen LogP contribution in [0.3, 0.4) is 0 Å². The van der Waals surface area contributed by atoms with Gasteiger partial charge in [0.1, 0.15) is 11.5 Å². The third-order valence-corrected chi connectivity index (χ3v) is 2.34. The molecule has 1 aromatic carbocycles. The van der Waals surface area contributed by atoms with Crippen LogP contribution in [0.4, 0.5) is 0 Å². The van der Waals surface area contributed by atoms with Crippen molar-refractivity contribution in [2.45, 2.75) is 39.5 Å². The zero-order valence-corrected chi connectivity index (χ0v) is 11.3. The minimum atomic E-state index is -0.329. The zero-order chi connectivity index (χ0) is 14.3. The van der Waals surface area contributed by atoms with E-state index in [0.717, 1.165) is 6.42 Å². The van der Waals surface area contributed by atoms with E-state index in [1.54, 1.807) is 6.07 Å². The van der Waals surface area contributed by atoms with Gasteiger partial charge in [0.15, 0.2) is 0 Å². The number of ether oxygens (including phenoxy) is 2. The molecule has 2 radical (unpaired) electrons. The molecule has 102 valence electrons. The molecule has 4 heteroatoms. The van der Waals surface area contributed by atoms with Crippen molar-refractivity contribution in [2.24, 2.45) is 0 Å². The third-order valence-electron chi connectivity index (χ3n) is 2.34. The molecule has 0 unspecified atom stereocenters. The van der Waals surface area contributed by atoms with Crippen LogP contribution in [0.1, 0.15) is 45.1 Å². The first kappa shape index (κ1) is 15.2. The van der Waals surface area contributed by atoms with Crippen LogP contribution in [-0.2, 0) is 9.59 Å². The number of carbonyl (C=O) groups excluding carboxylic acids is 2. The smallest absolute Gasteiger partial charge is 0.311 e. The van der Waals surface area contributed by atoms with E-state index in [1.807, 2.05) is 13.8 Å². The number of carbonyl (C=O) groups is 2. The predicted molar refractivity (Wildman–Crippen MR) is 70.9 cm³/mol. The van der Waals surface area contributed by atoms with Crippen LogP contribution in [0.15, 0.2) is 18.2 Å². The van der Waals surface area contributed by atoms with Gasteiger partial charge in [-0.25, -0.2) is 0 Å². The van der Waals surface area contributed by atoms with E-state index in [4.69, 9.17) is 16.4 Å². The van der Waals surface area contributed by atoms with Gasteiger partial charge < -0.3 is 9.47 Å². The van der Waals surface area contributed by atoms with E-state index in [-0.39, 0.29) is 23.3 Å². The molecule has 0 heterocycles. The highest BCUT2D eigenvalue weighted by atomic mass is 16.5. The van der Waals surface area contributed by atoms with Crippen molar-refractivity contribution in [1.29, 1.82) is 0 Å². The molecule has 4 nitrogen and oxygen atoms in total. The summed E-state index contributed by atoms with van der Waals surface area (Å²) in [5.74, 6) is 0.00235. The average molecular weight is 262 g/mol. The average Bonchev–Trinajstić information content (AvgIpc) is 2.33. The standard InChI is InChI=1S/C15H18O4/c1-4-6-14(16)18-12-8-9-13(11(3)10-12)19-15(17)7-5-2/h3,8-10H,4-7H2,1-2H3. The molecule has 1 aromatic rings. The second kappa shape index (κ2) is 7.56. The SMILES string of the molecule is [CH]c1cc(OC(=O)CCC)ccc1OC(=O)CCC. The molecule has 0 amide bonds. The fourth-order valence-electron chi connectivity index (χ4n) is 1.45. The number of hydrogen-bond donors (Lipinski definition) is 0. The fraction of sp³-hybridized carbons (Fsp3) is 0.400. The summed E-state index contributed by atoms with van der Waals surface area (Å²) in [6.07, 6.45) is 2.13. The predicted octanol–water partition coefficient (Wildman–Crippen LogP) is 3.16. The van der Waals surface area contributed by atoms with Crippen molar-refractivity contribution in [3.05, 3.63) is 30.7 Å². The highest BCUT2D eigenvalue weighted by Gasteiger charge is 2.09. The molecule has 0 saturated heterocycles. The molecule has 0 fully saturated rings. The van der Waals surface area contributed by atoms with Crippen LogP contribution in [0, 0.1) is 6.92 Å². The molecule has 0 atom stereocenters. The summed E-state index contributed by atoms with van der Waals surface area (Å²) in [5, 5.41) is 0. The summed E-state index contributed by atoms with van der Waals surface area (Å²) in [5.41, 5.74) is 0.270. The third kappa shape index (κ3) is 5.12. The summed E-state index contributed by atoms with van der Waals surface area (Å²) in [6.45, 7) is 9.53. The topological polar surface area (TPSA) is 52.6 Å². The molecular weight excluding hydrogens is 244 g/mol. The fourth-order valence-corrected chi connectivity index (χ4v) is 1.45. The van der Waals surface area contributed by atoms with Crippen LogP contribution in [0.25, 0.3) is 0 Å². The second-order valence-corrected chi connectivity index (χ2v) is 4.15. The van der Waals surface area contributed by atoms with E-state index >= 15 is 0 Å². The number of hydrogen-bond acceptors (Lipinski definition) is 4. The minimum Gasteiger partial charge on any atom is -0.427 e. The van der Waals surface area contributed by atoms with Gasteiger partial charge in [0.05, 0.1) is 0 Å². The van der Waals surface area contributed by atoms with Crippen molar-refractivity contribution >= 4 is 11.9 Å². The molecule has 0 aliphatic carbocycles. The lowest BCUT2D eigenvalue weighted by Crippen LogP contribution is -2.09. The van der Waals surface area contributed by atoms with Crippen LogP contribution in [0.5, 0.6) is 11.5 Å². The Hall–Kier alpha value is -1.84. The van der Waals surface area contributed by atoms with Crippen LogP contribution in [-0.4, -0.2) is 11.9 Å². The van der Waals surface area contributed by atoms with Gasteiger partial charge in [0, 0.05) is 25.3 Å². The van der Waals surface area contributed by atoms with E-state index in [1.165, 1.54) is 12.1 Å². The highest BCUT2D eigenvalue weighted by Crippen LogP contribution is 2.24. The quantitative estimate of drug-likeness (QED) is 0.583. The summed E-state index contributed by atoms with van der Waals surface area (Å²) in [7, 11) is 0. The monoisotopic (exact) mass is 262 g/mol. The van der Waals surface area contributed by atoms with E-state index in [2.05, 4.69) is 0 Å². The maximum atomic E-state index is 11.3. The van der Waals surface area contributed by atoms with Gasteiger partial charge in [-0.3, -0.25) is 9.59 Å². The van der Waals surface area contributed by atoms with Crippen molar-refractivity contribution in [3.63, 3.8) is 0 Å². The van der Waals surface area contributed by atoms with Gasteiger partial charge in [-0.05, 0) is 31.0 Å². The Bertz CT molecular complexity index is 451. The zero-order valence-electron chi connectivity index (χ0n) is 11.3. The van der Waals surface area contributed by atoms with Gasteiger partial charge in [0.2, 0.25) is 0 Å². The Morgan fingerprint density at radius 1 is 1.05 bits per heavy atom. The van der Waals surface area contributed by atoms with Crippen molar-refractivity contribution < 1.29 is 19.1 Å². The van der Waals surface area contributed by atoms with Gasteiger partial charge in [-0.15, -0.1) is 0 Å². The molecule has 0 N–H and O–H groups in total. The minimum absolute atomic E-state index is 0.270. The van der Waals surface area contributed by atoms with Gasteiger partial charge in [-0.2, -0.15) is 0 Å². The summed E-state index contributed by atoms with van der Waals surface area (Å²) in [4.78, 5) is 22.7. The van der Waals surface area contributed by atoms with Crippen molar-refractivity contribution in [2.75, 3.05) is 0 Å². The Morgan fingerprint density at radius 2 is 1.63 bits per heavy atom. The Kier molecular flexibility index (Phi) is 6.06. The Morgan fingerprint density at radius 3 is 2.16 bits per heavy atom. The van der Waals surface area contributed by atoms with E-state index in [9.17, 15) is 9.59 Å². The number of benzene rings is 1. The van der Waals surface area contributed by atoms with Crippen molar-refractivity contribution in [1.82, 2.24) is 0 Å². The lowest BCUT2D eigenvalue weighted by atomic mass is 10.2. The molecule has 0 saturated carbocycles. The molecular formula is C15H18O4. The molecule has 0 aliphatic heterocycles. The van der Waals surface area contributed by atoms with Gasteiger partial charge in [-0.1, -0.05) is 13.8 Å². The lowest BCUT2D eigenvalue weighted by Gasteiger charge is -2.09. The lowest BCUT2D eigenvalue weighted by molar-refractivity contribution is -0.135. The molecule has 0 aliphatic rings. The van der Waals surface area contributed by atoms with E-state index in [0.29, 0.717) is 25.0 Å². The highest BCUT2D eigenvalue weighted by molar-refractivity contribution is 5.74. The Labute approximate surface area is 113 Å². The summed E-state index contributed by atoms with van der Waals surface area (Å²) >= 11 is 0. The maximum Gasteiger partial charge on any atom is 0.311 e. The van der Waals surface area contributed by atoms with Crippen LogP contribution >= 0.6 is 0 Å². The largest absolute Gasteiger partial charge is 0.427 e. The molecule has 0 spiro atoms. The van der Waals surface area contributed by atoms with Crippen LogP contribution < -0.4 is 9.47 Å². The van der Waals surface area contributed by atoms with Crippen molar-refractivity contribution in [3.8, 4) is 11.5 Å². The first-order valence-electron chi connectivity index (χ1n) is 6.37. The maximum absolute atomic E-state index is 11.3. The van der Waals surface area contributed by atoms with E-state index < -0.39 is 0 Å². The number of esters is 2. The molecule has 0 aromatic heterocycles. The summed E-state index contributed by atoms with van der Waals surface area (Å²) < 4.78 is 10.2.